The minimum absolute atomic E-state index is 0.0575. The summed E-state index contributed by atoms with van der Waals surface area (Å²) in [5.41, 5.74) is 2.29. The molecule has 0 aliphatic rings. The molecule has 0 unspecified atom stereocenters. The van der Waals surface area contributed by atoms with Gasteiger partial charge >= 0.3 is 5.97 Å². The van der Waals surface area contributed by atoms with Gasteiger partial charge in [0.25, 0.3) is 0 Å². The van der Waals surface area contributed by atoms with Crippen LogP contribution < -0.4 is 0 Å². The van der Waals surface area contributed by atoms with Crippen molar-refractivity contribution in [3.8, 4) is 0 Å². The standard InChI is InChI=1S/C26H44O2/c1-3-4-5-6-7-8-9-10-11-12-13-14-15-16-17-22-26(27)28-23-25-21-19-18-20-24(25)2/h18-21H,3-17,22-23H2,1-2H3. The zero-order valence-electron chi connectivity index (χ0n) is 18.6. The van der Waals surface area contributed by atoms with Gasteiger partial charge in [-0.25, -0.2) is 0 Å². The van der Waals surface area contributed by atoms with Crippen molar-refractivity contribution in [2.45, 2.75) is 123 Å². The second-order valence-electron chi connectivity index (χ2n) is 8.29. The Balaban J connectivity index is 1.81. The van der Waals surface area contributed by atoms with Crippen molar-refractivity contribution in [2.75, 3.05) is 0 Å². The first-order valence-electron chi connectivity index (χ1n) is 11.9. The third-order valence-electron chi connectivity index (χ3n) is 5.63. The predicted molar refractivity (Wildman–Crippen MR) is 121 cm³/mol. The van der Waals surface area contributed by atoms with Crippen molar-refractivity contribution in [3.63, 3.8) is 0 Å². The zero-order valence-corrected chi connectivity index (χ0v) is 18.6. The number of unbranched alkanes of at least 4 members (excludes halogenated alkanes) is 14. The van der Waals surface area contributed by atoms with Crippen LogP contribution in [0.25, 0.3) is 0 Å². The van der Waals surface area contributed by atoms with Crippen LogP contribution in [0.15, 0.2) is 24.3 Å². The van der Waals surface area contributed by atoms with E-state index in [0.29, 0.717) is 13.0 Å². The van der Waals surface area contributed by atoms with Crippen molar-refractivity contribution >= 4 is 5.97 Å². The number of hydrogen-bond acceptors (Lipinski definition) is 2. The van der Waals surface area contributed by atoms with Gasteiger partial charge in [0, 0.05) is 6.42 Å². The molecule has 0 N–H and O–H groups in total. The fourth-order valence-electron chi connectivity index (χ4n) is 3.64. The first-order valence-corrected chi connectivity index (χ1v) is 11.9. The highest BCUT2D eigenvalue weighted by molar-refractivity contribution is 5.69. The number of hydrogen-bond donors (Lipinski definition) is 0. The van der Waals surface area contributed by atoms with E-state index in [0.717, 1.165) is 18.4 Å². The zero-order chi connectivity index (χ0) is 20.3. The Labute approximate surface area is 174 Å². The third kappa shape index (κ3) is 13.8. The molecule has 0 saturated carbocycles. The van der Waals surface area contributed by atoms with Gasteiger partial charge in [-0.05, 0) is 24.5 Å². The van der Waals surface area contributed by atoms with Gasteiger partial charge < -0.3 is 4.74 Å². The first-order chi connectivity index (χ1) is 13.7. The summed E-state index contributed by atoms with van der Waals surface area (Å²) in [6.07, 6.45) is 20.7. The van der Waals surface area contributed by atoms with E-state index in [2.05, 4.69) is 19.9 Å². The summed E-state index contributed by atoms with van der Waals surface area (Å²) in [7, 11) is 0. The van der Waals surface area contributed by atoms with E-state index < -0.39 is 0 Å². The number of carbonyl (C=O) groups is 1. The van der Waals surface area contributed by atoms with Crippen molar-refractivity contribution in [3.05, 3.63) is 35.4 Å². The number of rotatable bonds is 18. The van der Waals surface area contributed by atoms with E-state index in [1.54, 1.807) is 0 Å². The van der Waals surface area contributed by atoms with Gasteiger partial charge in [-0.1, -0.05) is 121 Å². The molecule has 2 heteroatoms. The Morgan fingerprint density at radius 2 is 1.18 bits per heavy atom. The SMILES string of the molecule is CCCCCCCCCCCCCCCCCC(=O)OCc1ccccc1C. The monoisotopic (exact) mass is 388 g/mol. The Morgan fingerprint density at radius 1 is 0.714 bits per heavy atom. The third-order valence-corrected chi connectivity index (χ3v) is 5.63. The van der Waals surface area contributed by atoms with Gasteiger partial charge in [0.2, 0.25) is 0 Å². The molecular weight excluding hydrogens is 344 g/mol. The summed E-state index contributed by atoms with van der Waals surface area (Å²) < 4.78 is 5.39. The lowest BCUT2D eigenvalue weighted by molar-refractivity contribution is -0.145. The van der Waals surface area contributed by atoms with E-state index >= 15 is 0 Å². The summed E-state index contributed by atoms with van der Waals surface area (Å²) in [5.74, 6) is -0.0575. The molecule has 0 bridgehead atoms. The topological polar surface area (TPSA) is 26.3 Å². The minimum atomic E-state index is -0.0575. The highest BCUT2D eigenvalue weighted by Crippen LogP contribution is 2.14. The molecule has 0 fully saturated rings. The lowest BCUT2D eigenvalue weighted by Crippen LogP contribution is -2.05. The summed E-state index contributed by atoms with van der Waals surface area (Å²) in [5, 5.41) is 0. The number of ether oxygens (including phenoxy) is 1. The molecule has 0 aromatic heterocycles. The van der Waals surface area contributed by atoms with Gasteiger partial charge in [-0.15, -0.1) is 0 Å². The molecular formula is C26H44O2. The predicted octanol–water partition coefficient (Wildman–Crippen LogP) is 8.30. The Bertz CT molecular complexity index is 495. The number of aryl methyl sites for hydroxylation is 1. The van der Waals surface area contributed by atoms with Gasteiger partial charge in [-0.3, -0.25) is 4.79 Å². The molecule has 1 aromatic rings. The molecule has 28 heavy (non-hydrogen) atoms. The maximum absolute atomic E-state index is 11.8. The van der Waals surface area contributed by atoms with Crippen LogP contribution in [-0.2, 0) is 16.1 Å². The molecule has 1 rings (SSSR count). The number of benzene rings is 1. The highest BCUT2D eigenvalue weighted by atomic mass is 16.5. The van der Waals surface area contributed by atoms with Crippen molar-refractivity contribution < 1.29 is 9.53 Å². The molecule has 0 aliphatic heterocycles. The minimum Gasteiger partial charge on any atom is -0.461 e. The van der Waals surface area contributed by atoms with E-state index in [1.807, 2.05) is 18.2 Å². The van der Waals surface area contributed by atoms with Crippen molar-refractivity contribution in [2.24, 2.45) is 0 Å². The van der Waals surface area contributed by atoms with E-state index in [4.69, 9.17) is 4.74 Å². The summed E-state index contributed by atoms with van der Waals surface area (Å²) in [6.45, 7) is 4.74. The fourth-order valence-corrected chi connectivity index (χ4v) is 3.64. The Kier molecular flexibility index (Phi) is 15.7. The van der Waals surface area contributed by atoms with Gasteiger partial charge in [0.15, 0.2) is 0 Å². The van der Waals surface area contributed by atoms with Gasteiger partial charge in [0.1, 0.15) is 6.61 Å². The molecule has 0 saturated heterocycles. The summed E-state index contributed by atoms with van der Waals surface area (Å²) >= 11 is 0. The van der Waals surface area contributed by atoms with Crippen LogP contribution in [0.3, 0.4) is 0 Å². The maximum Gasteiger partial charge on any atom is 0.306 e. The number of carbonyl (C=O) groups excluding carboxylic acids is 1. The van der Waals surface area contributed by atoms with E-state index in [-0.39, 0.29) is 5.97 Å². The fraction of sp³-hybridized carbons (Fsp3) is 0.731. The van der Waals surface area contributed by atoms with Gasteiger partial charge in [-0.2, -0.15) is 0 Å². The van der Waals surface area contributed by atoms with Crippen LogP contribution in [-0.4, -0.2) is 5.97 Å². The Morgan fingerprint density at radius 3 is 1.68 bits per heavy atom. The van der Waals surface area contributed by atoms with Crippen LogP contribution in [0, 0.1) is 6.92 Å². The molecule has 0 heterocycles. The largest absolute Gasteiger partial charge is 0.461 e. The van der Waals surface area contributed by atoms with Crippen molar-refractivity contribution in [1.82, 2.24) is 0 Å². The summed E-state index contributed by atoms with van der Waals surface area (Å²) in [6, 6.07) is 8.08. The smallest absolute Gasteiger partial charge is 0.306 e. The van der Waals surface area contributed by atoms with Crippen molar-refractivity contribution in [1.29, 1.82) is 0 Å². The summed E-state index contributed by atoms with van der Waals surface area (Å²) in [4.78, 5) is 11.8. The molecule has 1 aromatic carbocycles. The van der Waals surface area contributed by atoms with E-state index in [1.165, 1.54) is 89.0 Å². The molecule has 0 amide bonds. The van der Waals surface area contributed by atoms with Crippen LogP contribution in [0.2, 0.25) is 0 Å². The lowest BCUT2D eigenvalue weighted by Gasteiger charge is -2.07. The molecule has 0 atom stereocenters. The molecule has 160 valence electrons. The molecule has 2 nitrogen and oxygen atoms in total. The first kappa shape index (κ1) is 24.7. The molecule has 0 spiro atoms. The van der Waals surface area contributed by atoms with Crippen LogP contribution in [0.5, 0.6) is 0 Å². The average molecular weight is 389 g/mol. The van der Waals surface area contributed by atoms with Gasteiger partial charge in [0.05, 0.1) is 0 Å². The second-order valence-corrected chi connectivity index (χ2v) is 8.29. The van der Waals surface area contributed by atoms with E-state index in [9.17, 15) is 4.79 Å². The van der Waals surface area contributed by atoms with Crippen LogP contribution in [0.1, 0.15) is 121 Å². The molecule has 0 radical (unpaired) electrons. The second kappa shape index (κ2) is 17.8. The van der Waals surface area contributed by atoms with Crippen LogP contribution >= 0.6 is 0 Å². The number of esters is 1. The maximum atomic E-state index is 11.8. The average Bonchev–Trinajstić information content (AvgIpc) is 2.70. The van der Waals surface area contributed by atoms with Crippen LogP contribution in [0.4, 0.5) is 0 Å². The molecule has 0 aliphatic carbocycles. The Hall–Kier alpha value is -1.31. The normalized spacial score (nSPS) is 10.9. The quantitative estimate of drug-likeness (QED) is 0.187. The highest BCUT2D eigenvalue weighted by Gasteiger charge is 2.04. The lowest BCUT2D eigenvalue weighted by atomic mass is 10.0.